The van der Waals surface area contributed by atoms with Crippen molar-refractivity contribution in [3.05, 3.63) is 18.0 Å². The summed E-state index contributed by atoms with van der Waals surface area (Å²) >= 11 is 0. The number of hydrogen-bond acceptors (Lipinski definition) is 2. The van der Waals surface area contributed by atoms with E-state index in [1.807, 2.05) is 0 Å². The molecule has 0 unspecified atom stereocenters. The van der Waals surface area contributed by atoms with Gasteiger partial charge in [0.25, 0.3) is 5.92 Å². The van der Waals surface area contributed by atoms with Gasteiger partial charge in [-0.1, -0.05) is 6.92 Å². The second kappa shape index (κ2) is 4.50. The Morgan fingerprint density at radius 1 is 1.57 bits per heavy atom. The first-order valence-corrected chi connectivity index (χ1v) is 4.62. The molecule has 0 aliphatic rings. The SMILES string of the molecule is CCNCC(F)(F)Cn1nccc1C. The van der Waals surface area contributed by atoms with Gasteiger partial charge in [-0.05, 0) is 19.5 Å². The molecule has 3 nitrogen and oxygen atoms in total. The molecule has 0 aliphatic heterocycles. The van der Waals surface area contributed by atoms with Gasteiger partial charge in [-0.25, -0.2) is 8.78 Å². The number of alkyl halides is 2. The molecule has 0 aromatic carbocycles. The third kappa shape index (κ3) is 3.06. The summed E-state index contributed by atoms with van der Waals surface area (Å²) in [6, 6.07) is 1.71. The summed E-state index contributed by atoms with van der Waals surface area (Å²) in [6.45, 7) is 3.45. The molecular formula is C9H15F2N3. The van der Waals surface area contributed by atoms with Crippen LogP contribution in [0.3, 0.4) is 0 Å². The van der Waals surface area contributed by atoms with Crippen molar-refractivity contribution in [2.24, 2.45) is 0 Å². The normalized spacial score (nSPS) is 12.0. The quantitative estimate of drug-likeness (QED) is 0.784. The van der Waals surface area contributed by atoms with E-state index in [0.29, 0.717) is 6.54 Å². The molecule has 1 N–H and O–H groups in total. The van der Waals surface area contributed by atoms with Crippen molar-refractivity contribution in [3.8, 4) is 0 Å². The molecule has 1 aromatic heterocycles. The number of nitrogens with one attached hydrogen (secondary N) is 1. The van der Waals surface area contributed by atoms with Crippen LogP contribution in [0.4, 0.5) is 8.78 Å². The molecule has 0 amide bonds. The maximum Gasteiger partial charge on any atom is 0.279 e. The fourth-order valence-corrected chi connectivity index (χ4v) is 1.15. The Morgan fingerprint density at radius 3 is 2.79 bits per heavy atom. The average molecular weight is 203 g/mol. The maximum absolute atomic E-state index is 13.2. The topological polar surface area (TPSA) is 29.9 Å². The van der Waals surface area contributed by atoms with Gasteiger partial charge in [-0.15, -0.1) is 0 Å². The van der Waals surface area contributed by atoms with Crippen LogP contribution in [0.25, 0.3) is 0 Å². The van der Waals surface area contributed by atoms with Crippen molar-refractivity contribution in [1.29, 1.82) is 0 Å². The molecule has 80 valence electrons. The number of hydrogen-bond donors (Lipinski definition) is 1. The van der Waals surface area contributed by atoms with Gasteiger partial charge in [0.2, 0.25) is 0 Å². The van der Waals surface area contributed by atoms with Gasteiger partial charge >= 0.3 is 0 Å². The minimum Gasteiger partial charge on any atom is -0.311 e. The number of rotatable bonds is 5. The van der Waals surface area contributed by atoms with Crippen molar-refractivity contribution >= 4 is 0 Å². The van der Waals surface area contributed by atoms with E-state index < -0.39 is 5.92 Å². The molecule has 0 saturated carbocycles. The van der Waals surface area contributed by atoms with Crippen molar-refractivity contribution in [2.75, 3.05) is 13.1 Å². The van der Waals surface area contributed by atoms with Crippen molar-refractivity contribution in [1.82, 2.24) is 15.1 Å². The highest BCUT2D eigenvalue weighted by atomic mass is 19.3. The first kappa shape index (κ1) is 11.1. The standard InChI is InChI=1S/C9H15F2N3/c1-3-12-6-9(10,11)7-14-8(2)4-5-13-14/h4-5,12H,3,6-7H2,1-2H3. The molecule has 1 aromatic rings. The molecule has 0 spiro atoms. The minimum absolute atomic E-state index is 0.303. The first-order valence-electron chi connectivity index (χ1n) is 4.62. The summed E-state index contributed by atoms with van der Waals surface area (Å²) in [4.78, 5) is 0. The summed E-state index contributed by atoms with van der Waals surface area (Å²) < 4.78 is 27.8. The highest BCUT2D eigenvalue weighted by molar-refractivity contribution is 4.97. The third-order valence-corrected chi connectivity index (χ3v) is 1.94. The molecule has 14 heavy (non-hydrogen) atoms. The third-order valence-electron chi connectivity index (χ3n) is 1.94. The van der Waals surface area contributed by atoms with Gasteiger partial charge in [0.05, 0.1) is 6.54 Å². The number of aryl methyl sites for hydroxylation is 1. The largest absolute Gasteiger partial charge is 0.311 e. The molecule has 0 aliphatic carbocycles. The predicted octanol–water partition coefficient (Wildman–Crippen LogP) is 1.44. The zero-order valence-electron chi connectivity index (χ0n) is 8.43. The summed E-state index contributed by atoms with van der Waals surface area (Å²) in [5.74, 6) is -2.74. The highest BCUT2D eigenvalue weighted by Gasteiger charge is 2.29. The zero-order chi connectivity index (χ0) is 10.6. The monoisotopic (exact) mass is 203 g/mol. The van der Waals surface area contributed by atoms with Gasteiger partial charge < -0.3 is 5.32 Å². The van der Waals surface area contributed by atoms with E-state index in [1.165, 1.54) is 10.9 Å². The number of nitrogens with zero attached hydrogens (tertiary/aromatic N) is 2. The van der Waals surface area contributed by atoms with Crippen molar-refractivity contribution in [3.63, 3.8) is 0 Å². The van der Waals surface area contributed by atoms with Crippen molar-refractivity contribution in [2.45, 2.75) is 26.3 Å². The lowest BCUT2D eigenvalue weighted by Crippen LogP contribution is -2.36. The summed E-state index contributed by atoms with van der Waals surface area (Å²) in [6.07, 6.45) is 1.53. The first-order chi connectivity index (χ1) is 6.55. The lowest BCUT2D eigenvalue weighted by molar-refractivity contribution is -0.0179. The Balaban J connectivity index is 2.54. The Labute approximate surface area is 82.1 Å². The Hall–Kier alpha value is -0.970. The average Bonchev–Trinajstić information content (AvgIpc) is 2.48. The molecule has 0 bridgehead atoms. The second-order valence-electron chi connectivity index (χ2n) is 3.27. The van der Waals surface area contributed by atoms with E-state index in [1.54, 1.807) is 19.9 Å². The van der Waals surface area contributed by atoms with E-state index >= 15 is 0 Å². The van der Waals surface area contributed by atoms with E-state index in [2.05, 4.69) is 10.4 Å². The van der Waals surface area contributed by atoms with E-state index in [4.69, 9.17) is 0 Å². The Morgan fingerprint density at radius 2 is 2.29 bits per heavy atom. The molecule has 0 fully saturated rings. The van der Waals surface area contributed by atoms with Crippen LogP contribution in [-0.4, -0.2) is 28.8 Å². The molecular weight excluding hydrogens is 188 g/mol. The number of halogens is 2. The van der Waals surface area contributed by atoms with Crippen LogP contribution in [0.2, 0.25) is 0 Å². The zero-order valence-corrected chi connectivity index (χ0v) is 8.43. The van der Waals surface area contributed by atoms with Gasteiger partial charge in [0, 0.05) is 11.9 Å². The number of aromatic nitrogens is 2. The van der Waals surface area contributed by atoms with E-state index in [9.17, 15) is 8.78 Å². The van der Waals surface area contributed by atoms with E-state index in [0.717, 1.165) is 5.69 Å². The molecule has 1 rings (SSSR count). The van der Waals surface area contributed by atoms with Crippen LogP contribution in [0, 0.1) is 6.92 Å². The molecule has 1 heterocycles. The van der Waals surface area contributed by atoms with Gasteiger partial charge in [-0.3, -0.25) is 4.68 Å². The van der Waals surface area contributed by atoms with Crippen molar-refractivity contribution < 1.29 is 8.78 Å². The van der Waals surface area contributed by atoms with E-state index in [-0.39, 0.29) is 13.1 Å². The summed E-state index contributed by atoms with van der Waals surface area (Å²) in [5, 5.41) is 6.45. The molecule has 5 heteroatoms. The van der Waals surface area contributed by atoms with Crippen LogP contribution in [0.1, 0.15) is 12.6 Å². The lowest BCUT2D eigenvalue weighted by Gasteiger charge is -2.17. The van der Waals surface area contributed by atoms with Crippen LogP contribution < -0.4 is 5.32 Å². The van der Waals surface area contributed by atoms with Crippen LogP contribution in [0.15, 0.2) is 12.3 Å². The molecule has 0 radical (unpaired) electrons. The van der Waals surface area contributed by atoms with Gasteiger partial charge in [0.15, 0.2) is 0 Å². The van der Waals surface area contributed by atoms with Gasteiger partial charge in [-0.2, -0.15) is 5.10 Å². The van der Waals surface area contributed by atoms with Crippen LogP contribution in [0.5, 0.6) is 0 Å². The smallest absolute Gasteiger partial charge is 0.279 e. The maximum atomic E-state index is 13.2. The van der Waals surface area contributed by atoms with Crippen LogP contribution in [-0.2, 0) is 6.54 Å². The van der Waals surface area contributed by atoms with Gasteiger partial charge in [0.1, 0.15) is 6.54 Å². The highest BCUT2D eigenvalue weighted by Crippen LogP contribution is 2.15. The lowest BCUT2D eigenvalue weighted by atomic mass is 10.3. The minimum atomic E-state index is -2.74. The fraction of sp³-hybridized carbons (Fsp3) is 0.667. The predicted molar refractivity (Wildman–Crippen MR) is 50.5 cm³/mol. The molecule has 0 atom stereocenters. The van der Waals surface area contributed by atoms with Crippen LogP contribution >= 0.6 is 0 Å². The Kier molecular flexibility index (Phi) is 3.57. The summed E-state index contributed by atoms with van der Waals surface area (Å²) in [7, 11) is 0. The second-order valence-corrected chi connectivity index (χ2v) is 3.27. The summed E-state index contributed by atoms with van der Waals surface area (Å²) in [5.41, 5.74) is 0.751. The Bertz CT molecular complexity index is 283. The fourth-order valence-electron chi connectivity index (χ4n) is 1.15. The molecule has 0 saturated heterocycles.